The molecular formula is C22H26N2O6S. The van der Waals surface area contributed by atoms with Gasteiger partial charge in [-0.05, 0) is 42.4 Å². The second-order valence-electron chi connectivity index (χ2n) is 6.48. The number of nitrogens with two attached hydrogens (primary N) is 1. The summed E-state index contributed by atoms with van der Waals surface area (Å²) in [7, 11) is 4.37. The summed E-state index contributed by atoms with van der Waals surface area (Å²) in [4.78, 5) is 37.9. The highest BCUT2D eigenvalue weighted by molar-refractivity contribution is 8.14. The van der Waals surface area contributed by atoms with E-state index < -0.39 is 17.9 Å². The monoisotopic (exact) mass is 446 g/mol. The van der Waals surface area contributed by atoms with Crippen LogP contribution in [-0.2, 0) is 4.79 Å². The Hall–Kier alpha value is -3.20. The summed E-state index contributed by atoms with van der Waals surface area (Å²) in [5.74, 6) is -0.127. The molecule has 0 aliphatic rings. The van der Waals surface area contributed by atoms with Gasteiger partial charge < -0.3 is 25.3 Å². The van der Waals surface area contributed by atoms with E-state index in [2.05, 4.69) is 5.32 Å². The van der Waals surface area contributed by atoms with Gasteiger partial charge in [0.1, 0.15) is 6.04 Å². The van der Waals surface area contributed by atoms with Crippen molar-refractivity contribution in [1.82, 2.24) is 5.32 Å². The van der Waals surface area contributed by atoms with E-state index in [9.17, 15) is 14.4 Å². The molecule has 0 saturated carbocycles. The van der Waals surface area contributed by atoms with Gasteiger partial charge in [0, 0.05) is 4.90 Å². The minimum absolute atomic E-state index is 0.234. The SMILES string of the molecule is CCC[C@H](NC(=O)c1ccccc1SC(=O)c1ccc(OC)c(OC)c1OC)C(N)=O. The van der Waals surface area contributed by atoms with Crippen molar-refractivity contribution >= 4 is 28.7 Å². The van der Waals surface area contributed by atoms with Crippen molar-refractivity contribution in [1.29, 1.82) is 0 Å². The number of methoxy groups -OCH3 is 3. The average Bonchev–Trinajstić information content (AvgIpc) is 2.77. The lowest BCUT2D eigenvalue weighted by molar-refractivity contribution is -0.120. The molecule has 0 aliphatic heterocycles. The summed E-state index contributed by atoms with van der Waals surface area (Å²) in [5, 5.41) is 2.29. The van der Waals surface area contributed by atoms with Crippen molar-refractivity contribution < 1.29 is 28.6 Å². The first kappa shape index (κ1) is 24.1. The van der Waals surface area contributed by atoms with Gasteiger partial charge in [0.15, 0.2) is 11.5 Å². The molecule has 0 fully saturated rings. The van der Waals surface area contributed by atoms with Crippen LogP contribution in [0.1, 0.15) is 40.5 Å². The molecule has 0 spiro atoms. The number of hydrogen-bond donors (Lipinski definition) is 2. The van der Waals surface area contributed by atoms with Gasteiger partial charge in [0.2, 0.25) is 16.8 Å². The van der Waals surface area contributed by atoms with Gasteiger partial charge in [-0.1, -0.05) is 25.5 Å². The standard InChI is InChI=1S/C22H26N2O6S/c1-5-8-15(20(23)25)24-21(26)13-9-6-7-10-17(13)31-22(27)14-11-12-16(28-2)19(30-4)18(14)29-3/h6-7,9-12,15H,5,8H2,1-4H3,(H2,23,25)(H,24,26)/t15-/m0/s1. The predicted molar refractivity (Wildman–Crippen MR) is 118 cm³/mol. The van der Waals surface area contributed by atoms with Gasteiger partial charge in [-0.3, -0.25) is 14.4 Å². The van der Waals surface area contributed by atoms with Crippen molar-refractivity contribution in [2.75, 3.05) is 21.3 Å². The lowest BCUT2D eigenvalue weighted by atomic mass is 10.1. The number of benzene rings is 2. The zero-order valence-corrected chi connectivity index (χ0v) is 18.7. The number of rotatable bonds is 10. The molecule has 9 heteroatoms. The number of hydrogen-bond acceptors (Lipinski definition) is 7. The Labute approximate surface area is 185 Å². The van der Waals surface area contributed by atoms with Crippen LogP contribution in [0.15, 0.2) is 41.3 Å². The van der Waals surface area contributed by atoms with Crippen molar-refractivity contribution in [3.05, 3.63) is 47.5 Å². The zero-order chi connectivity index (χ0) is 23.0. The number of nitrogens with one attached hydrogen (secondary N) is 1. The number of carbonyl (C=O) groups is 3. The van der Waals surface area contributed by atoms with Gasteiger partial charge >= 0.3 is 0 Å². The highest BCUT2D eigenvalue weighted by Crippen LogP contribution is 2.42. The van der Waals surface area contributed by atoms with Crippen LogP contribution >= 0.6 is 11.8 Å². The molecule has 2 rings (SSSR count). The number of amides is 2. The number of primary amides is 1. The van der Waals surface area contributed by atoms with Gasteiger partial charge in [-0.2, -0.15) is 0 Å². The van der Waals surface area contributed by atoms with Gasteiger partial charge in [-0.25, -0.2) is 0 Å². The highest BCUT2D eigenvalue weighted by atomic mass is 32.2. The first-order valence-electron chi connectivity index (χ1n) is 9.58. The Balaban J connectivity index is 2.34. The van der Waals surface area contributed by atoms with Crippen LogP contribution in [0, 0.1) is 0 Å². The molecule has 0 unspecified atom stereocenters. The van der Waals surface area contributed by atoms with Gasteiger partial charge in [-0.15, -0.1) is 0 Å². The minimum Gasteiger partial charge on any atom is -0.493 e. The summed E-state index contributed by atoms with van der Waals surface area (Å²) in [6.45, 7) is 1.89. The van der Waals surface area contributed by atoms with Crippen molar-refractivity contribution in [3.63, 3.8) is 0 Å². The topological polar surface area (TPSA) is 117 Å². The molecule has 0 heterocycles. The second kappa shape index (κ2) is 11.3. The van der Waals surface area contributed by atoms with E-state index in [0.717, 1.165) is 11.8 Å². The number of ether oxygens (including phenoxy) is 3. The van der Waals surface area contributed by atoms with Crippen LogP contribution < -0.4 is 25.3 Å². The van der Waals surface area contributed by atoms with E-state index in [1.807, 2.05) is 6.92 Å². The molecule has 0 aromatic heterocycles. The summed E-state index contributed by atoms with van der Waals surface area (Å²) >= 11 is 0.870. The van der Waals surface area contributed by atoms with Crippen LogP contribution in [0.4, 0.5) is 0 Å². The Morgan fingerprint density at radius 1 is 0.968 bits per heavy atom. The molecule has 31 heavy (non-hydrogen) atoms. The van der Waals surface area contributed by atoms with E-state index in [1.54, 1.807) is 36.4 Å². The molecule has 3 N–H and O–H groups in total. The van der Waals surface area contributed by atoms with E-state index >= 15 is 0 Å². The third kappa shape index (κ3) is 5.69. The minimum atomic E-state index is -0.780. The third-order valence-corrected chi connectivity index (χ3v) is 5.47. The smallest absolute Gasteiger partial charge is 0.253 e. The van der Waals surface area contributed by atoms with Crippen molar-refractivity contribution in [3.8, 4) is 17.2 Å². The maximum absolute atomic E-state index is 13.1. The van der Waals surface area contributed by atoms with E-state index in [1.165, 1.54) is 21.3 Å². The summed E-state index contributed by atoms with van der Waals surface area (Å²) in [6, 6.07) is 9.04. The lowest BCUT2D eigenvalue weighted by Crippen LogP contribution is -2.44. The molecule has 1 atom stereocenters. The van der Waals surface area contributed by atoms with Crippen LogP contribution in [-0.4, -0.2) is 44.3 Å². The van der Waals surface area contributed by atoms with E-state index in [4.69, 9.17) is 19.9 Å². The van der Waals surface area contributed by atoms with Crippen LogP contribution in [0.2, 0.25) is 0 Å². The summed E-state index contributed by atoms with van der Waals surface area (Å²) in [5.41, 5.74) is 5.91. The Morgan fingerprint density at radius 2 is 1.65 bits per heavy atom. The van der Waals surface area contributed by atoms with Crippen molar-refractivity contribution in [2.45, 2.75) is 30.7 Å². The molecule has 0 saturated heterocycles. The lowest BCUT2D eigenvalue weighted by Gasteiger charge is -2.17. The number of thioether (sulfide) groups is 1. The van der Waals surface area contributed by atoms with Crippen LogP contribution in [0.25, 0.3) is 0 Å². The molecule has 2 amide bonds. The highest BCUT2D eigenvalue weighted by Gasteiger charge is 2.24. The first-order valence-corrected chi connectivity index (χ1v) is 10.4. The number of carbonyl (C=O) groups excluding carboxylic acids is 3. The molecule has 166 valence electrons. The maximum Gasteiger partial charge on any atom is 0.253 e. The fraction of sp³-hybridized carbons (Fsp3) is 0.318. The second-order valence-corrected chi connectivity index (χ2v) is 7.50. The molecule has 0 bridgehead atoms. The quantitative estimate of drug-likeness (QED) is 0.539. The summed E-state index contributed by atoms with van der Waals surface area (Å²) < 4.78 is 16.0. The fourth-order valence-corrected chi connectivity index (χ4v) is 3.86. The Kier molecular flexibility index (Phi) is 8.75. The summed E-state index contributed by atoms with van der Waals surface area (Å²) in [6.07, 6.45) is 1.11. The van der Waals surface area contributed by atoms with Crippen LogP contribution in [0.5, 0.6) is 17.2 Å². The van der Waals surface area contributed by atoms with E-state index in [-0.39, 0.29) is 22.0 Å². The van der Waals surface area contributed by atoms with E-state index in [0.29, 0.717) is 29.2 Å². The fourth-order valence-electron chi connectivity index (χ4n) is 2.97. The van der Waals surface area contributed by atoms with Crippen LogP contribution in [0.3, 0.4) is 0 Å². The van der Waals surface area contributed by atoms with Gasteiger partial charge in [0.25, 0.3) is 5.91 Å². The average molecular weight is 447 g/mol. The molecule has 2 aromatic carbocycles. The molecule has 0 aliphatic carbocycles. The Bertz CT molecular complexity index is 963. The molecule has 8 nitrogen and oxygen atoms in total. The Morgan fingerprint density at radius 3 is 2.23 bits per heavy atom. The molecule has 0 radical (unpaired) electrons. The normalized spacial score (nSPS) is 11.4. The zero-order valence-electron chi connectivity index (χ0n) is 17.9. The molecular weight excluding hydrogens is 420 g/mol. The maximum atomic E-state index is 13.1. The molecule has 2 aromatic rings. The third-order valence-electron chi connectivity index (χ3n) is 4.48. The largest absolute Gasteiger partial charge is 0.493 e. The predicted octanol–water partition coefficient (Wildman–Crippen LogP) is 3.03. The van der Waals surface area contributed by atoms with Crippen molar-refractivity contribution in [2.24, 2.45) is 5.73 Å². The van der Waals surface area contributed by atoms with Gasteiger partial charge in [0.05, 0.1) is 32.5 Å². The first-order chi connectivity index (χ1) is 14.9.